The Kier molecular flexibility index (Phi) is 4.47. The molecule has 2 amide bonds. The average molecular weight is 336 g/mol. The number of thiophene rings is 1. The Morgan fingerprint density at radius 3 is 2.57 bits per heavy atom. The lowest BCUT2D eigenvalue weighted by Crippen LogP contribution is -2.44. The molecular weight excluding hydrogens is 312 g/mol. The molecule has 2 aliphatic heterocycles. The number of hydrogen-bond acceptors (Lipinski definition) is 4. The summed E-state index contributed by atoms with van der Waals surface area (Å²) in [5.41, 5.74) is -0.123. The summed E-state index contributed by atoms with van der Waals surface area (Å²) >= 11 is 1.52. The zero-order valence-electron chi connectivity index (χ0n) is 14.0. The van der Waals surface area contributed by atoms with Crippen LogP contribution in [0.4, 0.5) is 0 Å². The normalized spacial score (nSPS) is 23.3. The molecule has 0 N–H and O–H groups in total. The summed E-state index contributed by atoms with van der Waals surface area (Å²) in [4.78, 5) is 30.9. The molecule has 0 saturated carbocycles. The average Bonchev–Trinajstić information content (AvgIpc) is 3.11. The van der Waals surface area contributed by atoms with E-state index in [1.165, 1.54) is 11.3 Å². The maximum absolute atomic E-state index is 12.8. The maximum atomic E-state index is 12.8. The highest BCUT2D eigenvalue weighted by Gasteiger charge is 2.52. The first-order chi connectivity index (χ1) is 10.9. The summed E-state index contributed by atoms with van der Waals surface area (Å²) in [6.45, 7) is 4.54. The fourth-order valence-electron chi connectivity index (χ4n) is 3.77. The first kappa shape index (κ1) is 16.5. The van der Waals surface area contributed by atoms with Crippen LogP contribution in [0.25, 0.3) is 0 Å². The number of aryl methyl sites for hydroxylation is 1. The van der Waals surface area contributed by atoms with E-state index in [-0.39, 0.29) is 23.1 Å². The number of amides is 2. The first-order valence-corrected chi connectivity index (χ1v) is 8.89. The van der Waals surface area contributed by atoms with Gasteiger partial charge >= 0.3 is 0 Å². The maximum Gasteiger partial charge on any atom is 0.263 e. The van der Waals surface area contributed by atoms with E-state index in [0.717, 1.165) is 22.6 Å². The second kappa shape index (κ2) is 6.24. The van der Waals surface area contributed by atoms with Crippen LogP contribution in [-0.4, -0.2) is 62.0 Å². The zero-order chi connectivity index (χ0) is 16.6. The van der Waals surface area contributed by atoms with Crippen LogP contribution in [-0.2, 0) is 9.53 Å². The van der Waals surface area contributed by atoms with Crippen LogP contribution >= 0.6 is 11.3 Å². The smallest absolute Gasteiger partial charge is 0.263 e. The molecule has 0 bridgehead atoms. The predicted molar refractivity (Wildman–Crippen MR) is 89.6 cm³/mol. The summed E-state index contributed by atoms with van der Waals surface area (Å²) in [6, 6.07) is 3.86. The van der Waals surface area contributed by atoms with Crippen molar-refractivity contribution in [3.63, 3.8) is 0 Å². The van der Waals surface area contributed by atoms with Crippen molar-refractivity contribution >= 4 is 23.2 Å². The minimum absolute atomic E-state index is 0.0584. The number of nitrogens with zero attached hydrogens (tertiary/aromatic N) is 2. The minimum Gasteiger partial charge on any atom is -0.381 e. The van der Waals surface area contributed by atoms with E-state index in [2.05, 4.69) is 0 Å². The highest BCUT2D eigenvalue weighted by molar-refractivity contribution is 7.13. The zero-order valence-corrected chi connectivity index (χ0v) is 14.8. The molecular formula is C17H24N2O3S. The van der Waals surface area contributed by atoms with Gasteiger partial charge in [-0.2, -0.15) is 0 Å². The number of rotatable bonds is 2. The van der Waals surface area contributed by atoms with Gasteiger partial charge in [-0.3, -0.25) is 9.59 Å². The molecule has 1 atom stereocenters. The molecule has 1 aromatic heterocycles. The molecule has 3 heterocycles. The molecule has 2 fully saturated rings. The monoisotopic (exact) mass is 336 g/mol. The lowest BCUT2D eigenvalue weighted by Gasteiger charge is -2.37. The van der Waals surface area contributed by atoms with E-state index in [4.69, 9.17) is 4.74 Å². The molecule has 5 nitrogen and oxygen atoms in total. The third-order valence-electron chi connectivity index (χ3n) is 5.11. The van der Waals surface area contributed by atoms with E-state index < -0.39 is 0 Å². The fourth-order valence-corrected chi connectivity index (χ4v) is 4.60. The van der Waals surface area contributed by atoms with Crippen LogP contribution in [0.2, 0.25) is 0 Å². The van der Waals surface area contributed by atoms with Gasteiger partial charge in [-0.05, 0) is 31.9 Å². The second-order valence-electron chi connectivity index (χ2n) is 6.86. The fraction of sp³-hybridized carbons (Fsp3) is 0.647. The van der Waals surface area contributed by atoms with Crippen LogP contribution in [0.3, 0.4) is 0 Å². The highest BCUT2D eigenvalue weighted by Crippen LogP contribution is 2.45. The Labute approximate surface area is 141 Å². The predicted octanol–water partition coefficient (Wildman–Crippen LogP) is 2.01. The number of ether oxygens (including phenoxy) is 1. The molecule has 0 aromatic carbocycles. The van der Waals surface area contributed by atoms with Gasteiger partial charge in [0, 0.05) is 50.7 Å². The van der Waals surface area contributed by atoms with Gasteiger partial charge in [0.15, 0.2) is 0 Å². The standard InChI is InChI=1S/C17H24N2O3S/c1-12-4-5-14(23-12)16(21)19-10-13(15(20)18(2)3)17(11-19)6-8-22-9-7-17/h4-5,13H,6-11H2,1-3H3. The van der Waals surface area contributed by atoms with Crippen LogP contribution in [0.5, 0.6) is 0 Å². The lowest BCUT2D eigenvalue weighted by atomic mass is 9.71. The van der Waals surface area contributed by atoms with Gasteiger partial charge in [0.2, 0.25) is 5.91 Å². The summed E-state index contributed by atoms with van der Waals surface area (Å²) < 4.78 is 5.50. The Morgan fingerprint density at radius 1 is 1.30 bits per heavy atom. The van der Waals surface area contributed by atoms with E-state index in [1.807, 2.05) is 24.0 Å². The van der Waals surface area contributed by atoms with Crippen LogP contribution in [0.1, 0.15) is 27.4 Å². The van der Waals surface area contributed by atoms with Gasteiger partial charge in [0.25, 0.3) is 5.91 Å². The van der Waals surface area contributed by atoms with E-state index in [0.29, 0.717) is 26.3 Å². The van der Waals surface area contributed by atoms with Gasteiger partial charge in [-0.15, -0.1) is 11.3 Å². The highest BCUT2D eigenvalue weighted by atomic mass is 32.1. The lowest BCUT2D eigenvalue weighted by molar-refractivity contribution is -0.138. The van der Waals surface area contributed by atoms with E-state index in [9.17, 15) is 9.59 Å². The van der Waals surface area contributed by atoms with Gasteiger partial charge in [0.1, 0.15) is 0 Å². The summed E-state index contributed by atoms with van der Waals surface area (Å²) in [7, 11) is 3.59. The topological polar surface area (TPSA) is 49.9 Å². The van der Waals surface area contributed by atoms with Gasteiger partial charge < -0.3 is 14.5 Å². The molecule has 3 rings (SSSR count). The number of hydrogen-bond donors (Lipinski definition) is 0. The van der Waals surface area contributed by atoms with Crippen LogP contribution < -0.4 is 0 Å². The van der Waals surface area contributed by atoms with E-state index in [1.54, 1.807) is 19.0 Å². The number of likely N-dealkylation sites (tertiary alicyclic amines) is 1. The van der Waals surface area contributed by atoms with Crippen molar-refractivity contribution in [2.45, 2.75) is 19.8 Å². The van der Waals surface area contributed by atoms with Crippen LogP contribution in [0.15, 0.2) is 12.1 Å². The number of carbonyl (C=O) groups excluding carboxylic acids is 2. The van der Waals surface area contributed by atoms with Crippen molar-refractivity contribution in [1.29, 1.82) is 0 Å². The Morgan fingerprint density at radius 2 is 2.00 bits per heavy atom. The largest absolute Gasteiger partial charge is 0.381 e. The van der Waals surface area contributed by atoms with Crippen molar-refractivity contribution in [3.05, 3.63) is 21.9 Å². The second-order valence-corrected chi connectivity index (χ2v) is 8.14. The molecule has 2 aliphatic rings. The molecule has 1 spiro atoms. The Hall–Kier alpha value is -1.40. The molecule has 2 saturated heterocycles. The third-order valence-corrected chi connectivity index (χ3v) is 6.10. The van der Waals surface area contributed by atoms with Crippen molar-refractivity contribution in [2.24, 2.45) is 11.3 Å². The summed E-state index contributed by atoms with van der Waals surface area (Å²) in [5, 5.41) is 0. The molecule has 1 unspecified atom stereocenters. The van der Waals surface area contributed by atoms with Crippen molar-refractivity contribution in [3.8, 4) is 0 Å². The first-order valence-electron chi connectivity index (χ1n) is 8.07. The minimum atomic E-state index is -0.123. The Balaban J connectivity index is 1.85. The summed E-state index contributed by atoms with van der Waals surface area (Å²) in [5.74, 6) is 0.0685. The summed E-state index contributed by atoms with van der Waals surface area (Å²) in [6.07, 6.45) is 1.70. The molecule has 0 radical (unpaired) electrons. The van der Waals surface area contributed by atoms with Crippen molar-refractivity contribution in [1.82, 2.24) is 9.80 Å². The molecule has 6 heteroatoms. The van der Waals surface area contributed by atoms with Gasteiger partial charge in [0.05, 0.1) is 10.8 Å². The Bertz CT molecular complexity index is 605. The molecule has 1 aromatic rings. The van der Waals surface area contributed by atoms with Gasteiger partial charge in [-0.25, -0.2) is 0 Å². The van der Waals surface area contributed by atoms with Gasteiger partial charge in [-0.1, -0.05) is 0 Å². The van der Waals surface area contributed by atoms with Crippen molar-refractivity contribution in [2.75, 3.05) is 40.4 Å². The van der Waals surface area contributed by atoms with E-state index >= 15 is 0 Å². The molecule has 23 heavy (non-hydrogen) atoms. The van der Waals surface area contributed by atoms with Crippen LogP contribution in [0, 0.1) is 18.3 Å². The van der Waals surface area contributed by atoms with Crippen molar-refractivity contribution < 1.29 is 14.3 Å². The molecule has 126 valence electrons. The quantitative estimate of drug-likeness (QED) is 0.830. The molecule has 0 aliphatic carbocycles. The number of carbonyl (C=O) groups is 2. The third kappa shape index (κ3) is 3.02. The SMILES string of the molecule is Cc1ccc(C(=O)N2CC(C(=O)N(C)C)C3(CCOCC3)C2)s1.